The van der Waals surface area contributed by atoms with Gasteiger partial charge in [-0.2, -0.15) is 0 Å². The molecule has 7 heteroatoms. The molecule has 0 aromatic heterocycles. The molecule has 40 heavy (non-hydrogen) atoms. The Morgan fingerprint density at radius 1 is 1.02 bits per heavy atom. The molecule has 3 aromatic rings. The molecule has 0 spiro atoms. The lowest BCUT2D eigenvalue weighted by atomic mass is 9.90. The van der Waals surface area contributed by atoms with E-state index in [-0.39, 0.29) is 35.6 Å². The summed E-state index contributed by atoms with van der Waals surface area (Å²) >= 11 is 0. The summed E-state index contributed by atoms with van der Waals surface area (Å²) in [5.41, 5.74) is 8.94. The second kappa shape index (κ2) is 14.5. The molecule has 1 saturated heterocycles. The number of hydrogen-bond acceptors (Lipinski definition) is 4. The van der Waals surface area contributed by atoms with Crippen LogP contribution >= 0.6 is 0 Å². The molecule has 0 bridgehead atoms. The molecule has 2 atom stereocenters. The highest BCUT2D eigenvalue weighted by atomic mass is 19.1. The largest absolute Gasteiger partial charge is 0.351 e. The van der Waals surface area contributed by atoms with Crippen molar-refractivity contribution in [2.75, 3.05) is 33.2 Å². The van der Waals surface area contributed by atoms with E-state index >= 15 is 0 Å². The van der Waals surface area contributed by atoms with Gasteiger partial charge in [-0.15, -0.1) is 0 Å². The van der Waals surface area contributed by atoms with Crippen LogP contribution in [0.25, 0.3) is 6.08 Å². The fourth-order valence-electron chi connectivity index (χ4n) is 5.34. The second-order valence-electron chi connectivity index (χ2n) is 10.3. The van der Waals surface area contributed by atoms with Crippen molar-refractivity contribution in [2.24, 2.45) is 5.73 Å². The van der Waals surface area contributed by atoms with E-state index in [2.05, 4.69) is 34.5 Å². The standard InChI is InChI=1S/C33H39FN4O2/c1-37-29(23-36-32(39)19-16-25-14-17-28(34)18-15-25)20-22-38(33(40)31(37)13-8-21-35)24-30(26-9-4-2-5-10-26)27-11-6-3-7-12-27/h2-7,9-12,14-19,29-31H,8,13,20-24,35H2,1H3,(H,36,39)/t29-,31-/m0/s1. The zero-order valence-corrected chi connectivity index (χ0v) is 23.1. The molecule has 210 valence electrons. The fourth-order valence-corrected chi connectivity index (χ4v) is 5.34. The summed E-state index contributed by atoms with van der Waals surface area (Å²) < 4.78 is 13.1. The van der Waals surface area contributed by atoms with E-state index in [9.17, 15) is 14.0 Å². The summed E-state index contributed by atoms with van der Waals surface area (Å²) in [5, 5.41) is 3.00. The SMILES string of the molecule is CN1[C@H](CNC(=O)C=Cc2ccc(F)cc2)CCN(CC(c2ccccc2)c2ccccc2)C(=O)[C@@H]1CCCN. The number of nitrogens with one attached hydrogen (secondary N) is 1. The van der Waals surface area contributed by atoms with Crippen molar-refractivity contribution in [1.29, 1.82) is 0 Å². The van der Waals surface area contributed by atoms with Crippen molar-refractivity contribution in [1.82, 2.24) is 15.1 Å². The van der Waals surface area contributed by atoms with Crippen molar-refractivity contribution < 1.29 is 14.0 Å². The molecule has 1 fully saturated rings. The van der Waals surface area contributed by atoms with Gasteiger partial charge in [0, 0.05) is 37.7 Å². The monoisotopic (exact) mass is 542 g/mol. The van der Waals surface area contributed by atoms with Crippen molar-refractivity contribution in [3.8, 4) is 0 Å². The molecule has 2 amide bonds. The Morgan fingerprint density at radius 3 is 2.25 bits per heavy atom. The minimum absolute atomic E-state index is 0.00760. The quantitative estimate of drug-likeness (QED) is 0.352. The summed E-state index contributed by atoms with van der Waals surface area (Å²) in [4.78, 5) is 30.6. The first-order valence-corrected chi connectivity index (χ1v) is 14.0. The van der Waals surface area contributed by atoms with E-state index in [1.165, 1.54) is 29.3 Å². The van der Waals surface area contributed by atoms with Gasteiger partial charge >= 0.3 is 0 Å². The molecule has 1 aliphatic rings. The van der Waals surface area contributed by atoms with Crippen LogP contribution in [0.15, 0.2) is 91.0 Å². The van der Waals surface area contributed by atoms with E-state index in [0.29, 0.717) is 32.6 Å². The Bertz CT molecular complexity index is 1210. The Kier molecular flexibility index (Phi) is 10.6. The van der Waals surface area contributed by atoms with Crippen LogP contribution in [0.1, 0.15) is 41.9 Å². The lowest BCUT2D eigenvalue weighted by molar-refractivity contribution is -0.135. The van der Waals surface area contributed by atoms with Crippen molar-refractivity contribution in [3.05, 3.63) is 114 Å². The summed E-state index contributed by atoms with van der Waals surface area (Å²) in [6.45, 7) is 2.12. The van der Waals surface area contributed by atoms with Crippen LogP contribution in [-0.2, 0) is 9.59 Å². The molecule has 6 nitrogen and oxygen atoms in total. The van der Waals surface area contributed by atoms with E-state index in [1.807, 2.05) is 48.3 Å². The normalized spacial score (nSPS) is 18.3. The van der Waals surface area contributed by atoms with Gasteiger partial charge in [0.05, 0.1) is 6.04 Å². The number of nitrogens with zero attached hydrogens (tertiary/aromatic N) is 2. The summed E-state index contributed by atoms with van der Waals surface area (Å²) in [6, 6.07) is 26.3. The highest BCUT2D eigenvalue weighted by molar-refractivity contribution is 5.91. The number of nitrogens with two attached hydrogens (primary N) is 1. The molecule has 3 aromatic carbocycles. The Morgan fingerprint density at radius 2 is 1.65 bits per heavy atom. The Balaban J connectivity index is 1.48. The number of rotatable bonds is 11. The lowest BCUT2D eigenvalue weighted by Crippen LogP contribution is -2.50. The summed E-state index contributed by atoms with van der Waals surface area (Å²) in [5.74, 6) is -0.376. The highest BCUT2D eigenvalue weighted by Crippen LogP contribution is 2.28. The maximum Gasteiger partial charge on any atom is 0.244 e. The molecule has 3 N–H and O–H groups in total. The molecule has 0 unspecified atom stereocenters. The summed E-state index contributed by atoms with van der Waals surface area (Å²) in [6.07, 6.45) is 5.26. The third kappa shape index (κ3) is 7.87. The average Bonchev–Trinajstić information content (AvgIpc) is 3.09. The number of hydrogen-bond donors (Lipinski definition) is 2. The van der Waals surface area contributed by atoms with Crippen molar-refractivity contribution in [3.63, 3.8) is 0 Å². The molecule has 1 aliphatic heterocycles. The van der Waals surface area contributed by atoms with Gasteiger partial charge in [0.1, 0.15) is 5.82 Å². The summed E-state index contributed by atoms with van der Waals surface area (Å²) in [7, 11) is 1.97. The Hall–Kier alpha value is -3.81. The first-order valence-electron chi connectivity index (χ1n) is 14.0. The molecule has 4 rings (SSSR count). The third-order valence-electron chi connectivity index (χ3n) is 7.69. The zero-order chi connectivity index (χ0) is 28.3. The van der Waals surface area contributed by atoms with Crippen molar-refractivity contribution in [2.45, 2.75) is 37.3 Å². The van der Waals surface area contributed by atoms with E-state index in [4.69, 9.17) is 5.73 Å². The molecule has 0 aliphatic carbocycles. The minimum Gasteiger partial charge on any atom is -0.351 e. The van der Waals surface area contributed by atoms with E-state index in [0.717, 1.165) is 18.4 Å². The molecule has 1 heterocycles. The number of carbonyl (C=O) groups excluding carboxylic acids is 2. The van der Waals surface area contributed by atoms with Gasteiger partial charge in [0.25, 0.3) is 0 Å². The van der Waals surface area contributed by atoms with Gasteiger partial charge in [-0.1, -0.05) is 72.8 Å². The smallest absolute Gasteiger partial charge is 0.244 e. The maximum absolute atomic E-state index is 13.9. The van der Waals surface area contributed by atoms with Gasteiger partial charge in [0.2, 0.25) is 11.8 Å². The highest BCUT2D eigenvalue weighted by Gasteiger charge is 2.36. The lowest BCUT2D eigenvalue weighted by Gasteiger charge is -2.33. The van der Waals surface area contributed by atoms with Crippen LogP contribution in [0.2, 0.25) is 0 Å². The minimum atomic E-state index is -0.315. The Labute approximate surface area is 236 Å². The predicted molar refractivity (Wildman–Crippen MR) is 158 cm³/mol. The topological polar surface area (TPSA) is 78.7 Å². The molecule has 0 radical (unpaired) electrons. The average molecular weight is 543 g/mol. The van der Waals surface area contributed by atoms with Gasteiger partial charge in [-0.3, -0.25) is 14.5 Å². The maximum atomic E-state index is 13.9. The molecular formula is C33H39FN4O2. The number of benzene rings is 3. The molecular weight excluding hydrogens is 503 g/mol. The van der Waals surface area contributed by atoms with Crippen LogP contribution in [0.3, 0.4) is 0 Å². The van der Waals surface area contributed by atoms with Crippen LogP contribution in [0, 0.1) is 5.82 Å². The van der Waals surface area contributed by atoms with Crippen LogP contribution in [0.5, 0.6) is 0 Å². The van der Waals surface area contributed by atoms with Crippen LogP contribution in [-0.4, -0.2) is 66.9 Å². The van der Waals surface area contributed by atoms with Crippen molar-refractivity contribution >= 4 is 17.9 Å². The van der Waals surface area contributed by atoms with E-state index in [1.54, 1.807) is 18.2 Å². The first kappa shape index (κ1) is 29.2. The van der Waals surface area contributed by atoms with Gasteiger partial charge < -0.3 is 16.0 Å². The number of halogens is 1. The van der Waals surface area contributed by atoms with Crippen LogP contribution in [0.4, 0.5) is 4.39 Å². The van der Waals surface area contributed by atoms with Gasteiger partial charge in [0.15, 0.2) is 0 Å². The second-order valence-corrected chi connectivity index (χ2v) is 10.3. The first-order chi connectivity index (χ1) is 19.5. The van der Waals surface area contributed by atoms with Crippen LogP contribution < -0.4 is 11.1 Å². The van der Waals surface area contributed by atoms with Gasteiger partial charge in [-0.25, -0.2) is 4.39 Å². The number of likely N-dealkylation sites (N-methyl/N-ethyl adjacent to an activating group) is 1. The number of carbonyl (C=O) groups is 2. The van der Waals surface area contributed by atoms with E-state index < -0.39 is 0 Å². The fraction of sp³-hybridized carbons (Fsp3) is 0.333. The predicted octanol–water partition coefficient (Wildman–Crippen LogP) is 4.43. The van der Waals surface area contributed by atoms with Gasteiger partial charge in [-0.05, 0) is 67.8 Å². The zero-order valence-electron chi connectivity index (χ0n) is 23.1. The third-order valence-corrected chi connectivity index (χ3v) is 7.69. The number of amides is 2. The molecule has 0 saturated carbocycles.